The molecule has 5 heteroatoms. The third kappa shape index (κ3) is 3.29. The molecule has 2 heterocycles. The Morgan fingerprint density at radius 2 is 1.77 bits per heavy atom. The van der Waals surface area contributed by atoms with Gasteiger partial charge in [-0.05, 0) is 61.9 Å². The fraction of sp³-hybridized carbons (Fsp3) is 0.588. The SMILES string of the molecule is O=C(Cc1ccc(F)c(F)c1)N1CCC2(CCNCC2)CC1. The summed E-state index contributed by atoms with van der Waals surface area (Å²) in [7, 11) is 0. The average Bonchev–Trinajstić information content (AvgIpc) is 2.52. The van der Waals surface area contributed by atoms with E-state index in [2.05, 4.69) is 5.32 Å². The first-order valence-corrected chi connectivity index (χ1v) is 8.00. The first kappa shape index (κ1) is 15.4. The van der Waals surface area contributed by atoms with Crippen LogP contribution in [0.25, 0.3) is 0 Å². The molecule has 120 valence electrons. The number of carbonyl (C=O) groups is 1. The summed E-state index contributed by atoms with van der Waals surface area (Å²) in [6.45, 7) is 3.70. The average molecular weight is 308 g/mol. The van der Waals surface area contributed by atoms with Crippen molar-refractivity contribution in [1.29, 1.82) is 0 Å². The van der Waals surface area contributed by atoms with E-state index < -0.39 is 11.6 Å². The Balaban J connectivity index is 1.56. The van der Waals surface area contributed by atoms with E-state index >= 15 is 0 Å². The summed E-state index contributed by atoms with van der Waals surface area (Å²) in [4.78, 5) is 14.2. The molecule has 0 radical (unpaired) electrons. The zero-order valence-corrected chi connectivity index (χ0v) is 12.7. The van der Waals surface area contributed by atoms with E-state index in [1.54, 1.807) is 0 Å². The molecule has 2 aliphatic rings. The van der Waals surface area contributed by atoms with Gasteiger partial charge in [0.2, 0.25) is 5.91 Å². The third-order valence-electron chi connectivity index (χ3n) is 5.18. The van der Waals surface area contributed by atoms with E-state index in [1.807, 2.05) is 4.90 Å². The highest BCUT2D eigenvalue weighted by molar-refractivity contribution is 5.78. The van der Waals surface area contributed by atoms with Crippen LogP contribution in [0.2, 0.25) is 0 Å². The highest BCUT2D eigenvalue weighted by atomic mass is 19.2. The zero-order valence-electron chi connectivity index (χ0n) is 12.7. The van der Waals surface area contributed by atoms with Gasteiger partial charge in [-0.2, -0.15) is 0 Å². The summed E-state index contributed by atoms with van der Waals surface area (Å²) in [5.41, 5.74) is 0.940. The van der Waals surface area contributed by atoms with E-state index in [4.69, 9.17) is 0 Å². The van der Waals surface area contributed by atoms with E-state index in [-0.39, 0.29) is 12.3 Å². The molecule has 0 unspecified atom stereocenters. The molecule has 0 saturated carbocycles. The zero-order chi connectivity index (χ0) is 15.6. The molecule has 1 aromatic carbocycles. The van der Waals surface area contributed by atoms with Gasteiger partial charge in [-0.1, -0.05) is 6.07 Å². The molecule has 0 bridgehead atoms. The molecule has 1 N–H and O–H groups in total. The van der Waals surface area contributed by atoms with Crippen LogP contribution in [-0.4, -0.2) is 37.0 Å². The number of benzene rings is 1. The summed E-state index contributed by atoms with van der Waals surface area (Å²) in [6, 6.07) is 3.68. The van der Waals surface area contributed by atoms with Crippen LogP contribution in [0, 0.1) is 17.0 Å². The van der Waals surface area contributed by atoms with Gasteiger partial charge in [0, 0.05) is 13.1 Å². The molecule has 3 rings (SSSR count). The molecule has 1 aromatic rings. The standard InChI is InChI=1S/C17H22F2N2O/c18-14-2-1-13(11-15(14)19)12-16(22)21-9-5-17(6-10-21)3-7-20-8-4-17/h1-2,11,20H,3-10,12H2. The fourth-order valence-corrected chi connectivity index (χ4v) is 3.62. The van der Waals surface area contributed by atoms with E-state index in [0.29, 0.717) is 11.0 Å². The maximum Gasteiger partial charge on any atom is 0.226 e. The van der Waals surface area contributed by atoms with Gasteiger partial charge in [0.15, 0.2) is 11.6 Å². The number of carbonyl (C=O) groups excluding carboxylic acids is 1. The van der Waals surface area contributed by atoms with Gasteiger partial charge in [-0.25, -0.2) is 8.78 Å². The Labute approximate surface area is 129 Å². The van der Waals surface area contributed by atoms with E-state index in [9.17, 15) is 13.6 Å². The minimum Gasteiger partial charge on any atom is -0.342 e. The smallest absolute Gasteiger partial charge is 0.226 e. The lowest BCUT2D eigenvalue weighted by molar-refractivity contribution is -0.133. The first-order valence-electron chi connectivity index (χ1n) is 8.00. The van der Waals surface area contributed by atoms with Gasteiger partial charge in [-0.15, -0.1) is 0 Å². The summed E-state index contributed by atoms with van der Waals surface area (Å²) >= 11 is 0. The molecule has 0 aromatic heterocycles. The molecule has 1 spiro atoms. The number of rotatable bonds is 2. The number of hydrogen-bond acceptors (Lipinski definition) is 2. The van der Waals surface area contributed by atoms with Crippen molar-refractivity contribution in [3.8, 4) is 0 Å². The van der Waals surface area contributed by atoms with Crippen LogP contribution >= 0.6 is 0 Å². The number of amides is 1. The van der Waals surface area contributed by atoms with Crippen molar-refractivity contribution >= 4 is 5.91 Å². The van der Waals surface area contributed by atoms with Crippen molar-refractivity contribution in [3.05, 3.63) is 35.4 Å². The molecular weight excluding hydrogens is 286 g/mol. The van der Waals surface area contributed by atoms with Crippen molar-refractivity contribution in [2.45, 2.75) is 32.1 Å². The summed E-state index contributed by atoms with van der Waals surface area (Å²) in [6.07, 6.45) is 4.64. The number of halogens is 2. The van der Waals surface area contributed by atoms with Crippen LogP contribution in [0.15, 0.2) is 18.2 Å². The van der Waals surface area contributed by atoms with Crippen LogP contribution in [0.3, 0.4) is 0 Å². The predicted octanol–water partition coefficient (Wildman–Crippen LogP) is 2.50. The molecule has 2 aliphatic heterocycles. The molecule has 3 nitrogen and oxygen atoms in total. The number of piperidine rings is 2. The van der Waals surface area contributed by atoms with E-state index in [1.165, 1.54) is 18.9 Å². The minimum atomic E-state index is -0.891. The first-order chi connectivity index (χ1) is 10.6. The normalized spacial score (nSPS) is 21.1. The quantitative estimate of drug-likeness (QED) is 0.910. The Hall–Kier alpha value is -1.49. The van der Waals surface area contributed by atoms with Crippen LogP contribution in [0.5, 0.6) is 0 Å². The predicted molar refractivity (Wildman–Crippen MR) is 80.4 cm³/mol. The van der Waals surface area contributed by atoms with Crippen molar-refractivity contribution in [2.24, 2.45) is 5.41 Å². The molecule has 22 heavy (non-hydrogen) atoms. The summed E-state index contributed by atoms with van der Waals surface area (Å²) in [5.74, 6) is -1.76. The third-order valence-corrected chi connectivity index (χ3v) is 5.18. The lowest BCUT2D eigenvalue weighted by Gasteiger charge is -2.44. The van der Waals surface area contributed by atoms with Crippen LogP contribution in [0.4, 0.5) is 8.78 Å². The second-order valence-corrected chi connectivity index (χ2v) is 6.56. The van der Waals surface area contributed by atoms with Gasteiger partial charge in [0.1, 0.15) is 0 Å². The topological polar surface area (TPSA) is 32.3 Å². The minimum absolute atomic E-state index is 0.00907. The molecule has 1 amide bonds. The maximum absolute atomic E-state index is 13.2. The Morgan fingerprint density at radius 3 is 2.41 bits per heavy atom. The van der Waals surface area contributed by atoms with Gasteiger partial charge >= 0.3 is 0 Å². The lowest BCUT2D eigenvalue weighted by atomic mass is 9.71. The van der Waals surface area contributed by atoms with Crippen molar-refractivity contribution in [2.75, 3.05) is 26.2 Å². The second kappa shape index (κ2) is 6.32. The maximum atomic E-state index is 13.2. The molecule has 0 aliphatic carbocycles. The fourth-order valence-electron chi connectivity index (χ4n) is 3.62. The largest absolute Gasteiger partial charge is 0.342 e. The van der Waals surface area contributed by atoms with Gasteiger partial charge in [0.25, 0.3) is 0 Å². The molecule has 0 atom stereocenters. The Bertz CT molecular complexity index is 546. The van der Waals surface area contributed by atoms with E-state index in [0.717, 1.165) is 51.2 Å². The van der Waals surface area contributed by atoms with Gasteiger partial charge in [0.05, 0.1) is 6.42 Å². The van der Waals surface area contributed by atoms with Crippen molar-refractivity contribution in [3.63, 3.8) is 0 Å². The Morgan fingerprint density at radius 1 is 1.09 bits per heavy atom. The molecular formula is C17H22F2N2O. The Kier molecular flexibility index (Phi) is 4.43. The van der Waals surface area contributed by atoms with Crippen molar-refractivity contribution < 1.29 is 13.6 Å². The molecule has 2 fully saturated rings. The monoisotopic (exact) mass is 308 g/mol. The number of nitrogens with one attached hydrogen (secondary N) is 1. The summed E-state index contributed by atoms with van der Waals surface area (Å²) < 4.78 is 26.1. The molecule has 2 saturated heterocycles. The second-order valence-electron chi connectivity index (χ2n) is 6.56. The highest BCUT2D eigenvalue weighted by Crippen LogP contribution is 2.39. The van der Waals surface area contributed by atoms with Crippen molar-refractivity contribution in [1.82, 2.24) is 10.2 Å². The number of hydrogen-bond donors (Lipinski definition) is 1. The highest BCUT2D eigenvalue weighted by Gasteiger charge is 2.36. The number of nitrogens with zero attached hydrogens (tertiary/aromatic N) is 1. The van der Waals surface area contributed by atoms with Crippen LogP contribution in [0.1, 0.15) is 31.2 Å². The van der Waals surface area contributed by atoms with Crippen LogP contribution in [-0.2, 0) is 11.2 Å². The van der Waals surface area contributed by atoms with Crippen LogP contribution < -0.4 is 5.32 Å². The lowest BCUT2D eigenvalue weighted by Crippen LogP contribution is -2.47. The summed E-state index contributed by atoms with van der Waals surface area (Å²) in [5, 5.41) is 3.39. The van der Waals surface area contributed by atoms with Gasteiger partial charge in [-0.3, -0.25) is 4.79 Å². The number of likely N-dealkylation sites (tertiary alicyclic amines) is 1. The van der Waals surface area contributed by atoms with Gasteiger partial charge < -0.3 is 10.2 Å².